The van der Waals surface area contributed by atoms with Gasteiger partial charge in [0, 0.05) is 3.57 Å². The van der Waals surface area contributed by atoms with Crippen LogP contribution in [0.25, 0.3) is 0 Å². The maximum Gasteiger partial charge on any atom is 0.232 e. The van der Waals surface area contributed by atoms with E-state index in [0.717, 1.165) is 14.1 Å². The lowest BCUT2D eigenvalue weighted by Crippen LogP contribution is -2.41. The Morgan fingerprint density at radius 1 is 1.38 bits per heavy atom. The molecule has 0 aliphatic carbocycles. The van der Waals surface area contributed by atoms with Crippen LogP contribution in [0.2, 0.25) is 0 Å². The van der Waals surface area contributed by atoms with E-state index in [1.807, 2.05) is 0 Å². The first-order valence-corrected chi connectivity index (χ1v) is 7.16. The first-order valence-electron chi connectivity index (χ1n) is 4.24. The molecule has 0 amide bonds. The van der Waals surface area contributed by atoms with Crippen LogP contribution < -0.4 is 9.41 Å². The summed E-state index contributed by atoms with van der Waals surface area (Å²) in [6.07, 6.45) is 0.952. The van der Waals surface area contributed by atoms with Gasteiger partial charge in [-0.25, -0.2) is 8.42 Å². The molecule has 0 unspecified atom stereocenters. The monoisotopic (exact) mass is 354 g/mol. The summed E-state index contributed by atoms with van der Waals surface area (Å²) in [5.74, 6) is -1.44. The number of hydrogen-bond donors (Lipinski definition) is 0. The normalized spacial score (nSPS) is 11.1. The summed E-state index contributed by atoms with van der Waals surface area (Å²) in [7, 11) is -3.62. The molecule has 5 nitrogen and oxygen atoms in total. The van der Waals surface area contributed by atoms with Crippen LogP contribution >= 0.6 is 22.6 Å². The summed E-state index contributed by atoms with van der Waals surface area (Å²) in [5, 5.41) is 10.5. The van der Waals surface area contributed by atoms with Crippen molar-refractivity contribution in [1.82, 2.24) is 0 Å². The molecule has 0 aliphatic rings. The van der Waals surface area contributed by atoms with Crippen molar-refractivity contribution in [3.05, 3.63) is 27.8 Å². The highest BCUT2D eigenvalue weighted by Gasteiger charge is 2.17. The van der Waals surface area contributed by atoms with Gasteiger partial charge in [0.2, 0.25) is 10.0 Å². The lowest BCUT2D eigenvalue weighted by molar-refractivity contribution is -0.303. The molecule has 7 heteroatoms. The fourth-order valence-corrected chi connectivity index (χ4v) is 2.33. The minimum absolute atomic E-state index is 0.312. The van der Waals surface area contributed by atoms with Crippen molar-refractivity contribution in [3.63, 3.8) is 0 Å². The molecule has 0 heterocycles. The zero-order valence-electron chi connectivity index (χ0n) is 8.38. The second-order valence-electron chi connectivity index (χ2n) is 3.12. The molecular weight excluding hydrogens is 345 g/mol. The Morgan fingerprint density at radius 3 is 2.25 bits per heavy atom. The van der Waals surface area contributed by atoms with Crippen molar-refractivity contribution in [3.8, 4) is 0 Å². The summed E-state index contributed by atoms with van der Waals surface area (Å²) >= 11 is 2.07. The number of carbonyl (C=O) groups is 1. The number of carboxylic acid groups (broad SMARTS) is 1. The van der Waals surface area contributed by atoms with E-state index in [1.165, 1.54) is 0 Å². The van der Waals surface area contributed by atoms with E-state index in [9.17, 15) is 18.3 Å². The zero-order valence-corrected chi connectivity index (χ0v) is 11.4. The van der Waals surface area contributed by atoms with Crippen LogP contribution in [0.1, 0.15) is 0 Å². The van der Waals surface area contributed by atoms with Gasteiger partial charge in [-0.2, -0.15) is 0 Å². The molecule has 1 aromatic rings. The van der Waals surface area contributed by atoms with E-state index < -0.39 is 22.5 Å². The summed E-state index contributed by atoms with van der Waals surface area (Å²) in [4.78, 5) is 10.5. The van der Waals surface area contributed by atoms with Gasteiger partial charge in [0.05, 0.1) is 24.5 Å². The Kier molecular flexibility index (Phi) is 4.14. The number of rotatable bonds is 4. The molecule has 0 fully saturated rings. The molecule has 0 aliphatic heterocycles. The Morgan fingerprint density at radius 2 is 1.88 bits per heavy atom. The van der Waals surface area contributed by atoms with E-state index in [4.69, 9.17) is 0 Å². The van der Waals surface area contributed by atoms with Gasteiger partial charge >= 0.3 is 0 Å². The molecule has 0 aromatic heterocycles. The number of halogens is 1. The number of benzene rings is 1. The maximum absolute atomic E-state index is 11.4. The highest BCUT2D eigenvalue weighted by Crippen LogP contribution is 2.18. The highest BCUT2D eigenvalue weighted by molar-refractivity contribution is 14.1. The molecule has 0 saturated carbocycles. The summed E-state index contributed by atoms with van der Waals surface area (Å²) in [6.45, 7) is -0.681. The Hall–Kier alpha value is -0.830. The van der Waals surface area contributed by atoms with Crippen molar-refractivity contribution in [2.45, 2.75) is 0 Å². The van der Waals surface area contributed by atoms with Gasteiger partial charge in [0.1, 0.15) is 0 Å². The fraction of sp³-hybridized carbons (Fsp3) is 0.222. The van der Waals surface area contributed by atoms with Crippen LogP contribution in [-0.4, -0.2) is 27.2 Å². The largest absolute Gasteiger partial charge is 0.548 e. The fourth-order valence-electron chi connectivity index (χ4n) is 1.12. The second kappa shape index (κ2) is 5.00. The van der Waals surface area contributed by atoms with Crippen molar-refractivity contribution in [2.75, 3.05) is 17.1 Å². The van der Waals surface area contributed by atoms with Crippen molar-refractivity contribution < 1.29 is 18.3 Å². The molecule has 1 aromatic carbocycles. The minimum Gasteiger partial charge on any atom is -0.548 e. The molecule has 0 bridgehead atoms. The summed E-state index contributed by atoms with van der Waals surface area (Å²) in [6, 6.07) is 6.49. The van der Waals surface area contributed by atoms with Crippen molar-refractivity contribution in [1.29, 1.82) is 0 Å². The number of anilines is 1. The third-order valence-electron chi connectivity index (χ3n) is 1.79. The minimum atomic E-state index is -3.62. The van der Waals surface area contributed by atoms with E-state index in [0.29, 0.717) is 5.69 Å². The zero-order chi connectivity index (χ0) is 12.3. The molecule has 88 valence electrons. The van der Waals surface area contributed by atoms with Gasteiger partial charge in [-0.05, 0) is 46.9 Å². The SMILES string of the molecule is CS(=O)(=O)N(CC(=O)[O-])c1ccc(I)cc1. The van der Waals surface area contributed by atoms with Crippen LogP contribution in [0.15, 0.2) is 24.3 Å². The maximum atomic E-state index is 11.4. The summed E-state index contributed by atoms with van der Waals surface area (Å²) in [5.41, 5.74) is 0.312. The molecule has 0 radical (unpaired) electrons. The Labute approximate surface area is 107 Å². The first kappa shape index (κ1) is 13.2. The van der Waals surface area contributed by atoms with Gasteiger partial charge in [0.15, 0.2) is 0 Å². The average Bonchev–Trinajstić information content (AvgIpc) is 2.14. The summed E-state index contributed by atoms with van der Waals surface area (Å²) < 4.78 is 24.5. The molecule has 0 saturated heterocycles. The van der Waals surface area contributed by atoms with Gasteiger partial charge in [0.25, 0.3) is 0 Å². The lowest BCUT2D eigenvalue weighted by Gasteiger charge is -2.22. The Bertz CT molecular complexity index is 483. The molecular formula is C9H9INO4S-. The molecule has 0 spiro atoms. The number of carbonyl (C=O) groups excluding carboxylic acids is 1. The Balaban J connectivity index is 3.11. The average molecular weight is 354 g/mol. The van der Waals surface area contributed by atoms with Gasteiger partial charge in [-0.15, -0.1) is 0 Å². The van der Waals surface area contributed by atoms with Crippen LogP contribution in [0.5, 0.6) is 0 Å². The third-order valence-corrected chi connectivity index (χ3v) is 3.65. The number of carboxylic acids is 1. The third kappa shape index (κ3) is 3.63. The van der Waals surface area contributed by atoms with Gasteiger partial charge in [-0.3, -0.25) is 4.31 Å². The van der Waals surface area contributed by atoms with Gasteiger partial charge in [-0.1, -0.05) is 0 Å². The van der Waals surface area contributed by atoms with E-state index in [1.54, 1.807) is 24.3 Å². The van der Waals surface area contributed by atoms with Crippen molar-refractivity contribution >= 4 is 44.3 Å². The van der Waals surface area contributed by atoms with Crippen LogP contribution in [0.3, 0.4) is 0 Å². The van der Waals surface area contributed by atoms with Crippen LogP contribution in [-0.2, 0) is 14.8 Å². The quantitative estimate of drug-likeness (QED) is 0.703. The van der Waals surface area contributed by atoms with E-state index >= 15 is 0 Å². The molecule has 0 atom stereocenters. The van der Waals surface area contributed by atoms with Gasteiger partial charge < -0.3 is 9.90 Å². The van der Waals surface area contributed by atoms with Crippen LogP contribution in [0, 0.1) is 3.57 Å². The molecule has 1 rings (SSSR count). The second-order valence-corrected chi connectivity index (χ2v) is 6.27. The smallest absolute Gasteiger partial charge is 0.232 e. The number of aliphatic carboxylic acids is 1. The van der Waals surface area contributed by atoms with Crippen LogP contribution in [0.4, 0.5) is 5.69 Å². The number of hydrogen-bond acceptors (Lipinski definition) is 4. The predicted octanol–water partition coefficient (Wildman–Crippen LogP) is -0.193. The number of nitrogens with zero attached hydrogens (tertiary/aromatic N) is 1. The standard InChI is InChI=1S/C9H10INO4S/c1-16(14,15)11(6-9(12)13)8-4-2-7(10)3-5-8/h2-5H,6H2,1H3,(H,12,13)/p-1. The topological polar surface area (TPSA) is 77.5 Å². The number of sulfonamides is 1. The van der Waals surface area contributed by atoms with E-state index in [-0.39, 0.29) is 0 Å². The predicted molar refractivity (Wildman–Crippen MR) is 66.4 cm³/mol. The highest BCUT2D eigenvalue weighted by atomic mass is 127. The van der Waals surface area contributed by atoms with Crippen molar-refractivity contribution in [2.24, 2.45) is 0 Å². The first-order chi connectivity index (χ1) is 7.30. The molecule has 16 heavy (non-hydrogen) atoms. The lowest BCUT2D eigenvalue weighted by atomic mass is 10.3. The molecule has 0 N–H and O–H groups in total. The van der Waals surface area contributed by atoms with E-state index in [2.05, 4.69) is 22.6 Å².